The minimum Gasteiger partial charge on any atom is -0.462 e. The molecule has 1 N–H and O–H groups in total. The average Bonchev–Trinajstić information content (AvgIpc) is 1.65. The van der Waals surface area contributed by atoms with Crippen LogP contribution in [0.2, 0.25) is 0 Å². The number of hydrogen-bond acceptors (Lipinski definition) is 7. The molecule has 0 heterocycles. The predicted octanol–water partition coefficient (Wildman–Crippen LogP) is 28.5. The lowest BCUT2D eigenvalue weighted by Gasteiger charge is -2.24. The van der Waals surface area contributed by atoms with E-state index in [9.17, 15) is 19.0 Å². The summed E-state index contributed by atoms with van der Waals surface area (Å²) < 4.78 is 34.9. The molecule has 2 unspecified atom stereocenters. The Morgan fingerprint density at radius 2 is 0.540 bits per heavy atom. The van der Waals surface area contributed by atoms with Gasteiger partial charge in [0.1, 0.15) is 19.8 Å². The van der Waals surface area contributed by atoms with Gasteiger partial charge in [0.25, 0.3) is 0 Å². The smallest absolute Gasteiger partial charge is 0.462 e. The Morgan fingerprint density at radius 3 is 0.800 bits per heavy atom. The van der Waals surface area contributed by atoms with Crippen molar-refractivity contribution < 1.29 is 42.1 Å². The van der Waals surface area contributed by atoms with Crippen LogP contribution in [-0.2, 0) is 32.7 Å². The number of likely N-dealkylation sites (N-methyl/N-ethyl adjacent to an activating group) is 1. The normalized spacial score (nSPS) is 13.6. The first-order valence-electron chi connectivity index (χ1n) is 42.3. The molecule has 0 aromatic carbocycles. The number of rotatable bonds is 78. The van der Waals surface area contributed by atoms with Crippen LogP contribution in [0.15, 0.2) is 122 Å². The molecule has 9 nitrogen and oxygen atoms in total. The van der Waals surface area contributed by atoms with Gasteiger partial charge in [-0.25, -0.2) is 4.57 Å². The largest absolute Gasteiger partial charge is 0.472 e. The standard InChI is InChI=1S/C90H160NO8P/c1-6-8-10-12-14-16-18-20-22-24-26-28-30-32-34-36-38-40-42-43-44-45-46-47-49-50-52-54-56-58-60-62-64-66-68-70-72-74-76-78-80-82-89(92)96-86-88(87-98-100(94,95)97-85-84-91(3,4)5)99-90(93)83-81-79-77-75-73-71-69-67-65-63-61-59-57-55-53-51-48-41-39-37-35-33-31-29-27-25-23-21-19-17-15-13-11-9-7-2/h8-11,14-17,20-23,26-29,33,35,39,41,88H,6-7,12-13,18-19,24-25,30-32,34,36-38,40,42-87H2,1-5H3/p+1/b10-8-,11-9-,16-14-,17-15-,22-20-,23-21-,28-26-,29-27-,35-33-,41-39-. The van der Waals surface area contributed by atoms with Crippen LogP contribution >= 0.6 is 7.82 Å². The van der Waals surface area contributed by atoms with E-state index in [2.05, 4.69) is 135 Å². The second-order valence-corrected chi connectivity index (χ2v) is 30.9. The number of hydrogen-bond donors (Lipinski definition) is 1. The van der Waals surface area contributed by atoms with Crippen LogP contribution in [-0.4, -0.2) is 74.9 Å². The quantitative estimate of drug-likeness (QED) is 0.0211. The Labute approximate surface area is 619 Å². The van der Waals surface area contributed by atoms with Crippen LogP contribution in [0.25, 0.3) is 0 Å². The molecule has 0 aromatic rings. The molecule has 0 aliphatic rings. The van der Waals surface area contributed by atoms with Gasteiger partial charge in [0.05, 0.1) is 27.7 Å². The van der Waals surface area contributed by atoms with E-state index in [-0.39, 0.29) is 25.6 Å². The molecule has 100 heavy (non-hydrogen) atoms. The lowest BCUT2D eigenvalue weighted by molar-refractivity contribution is -0.870. The maximum Gasteiger partial charge on any atom is 0.472 e. The van der Waals surface area contributed by atoms with Gasteiger partial charge >= 0.3 is 19.8 Å². The van der Waals surface area contributed by atoms with Gasteiger partial charge in [-0.05, 0) is 103 Å². The summed E-state index contributed by atoms with van der Waals surface area (Å²) in [4.78, 5) is 36.0. The van der Waals surface area contributed by atoms with Crippen LogP contribution in [0.4, 0.5) is 0 Å². The van der Waals surface area contributed by atoms with E-state index < -0.39 is 26.5 Å². The van der Waals surface area contributed by atoms with Crippen molar-refractivity contribution >= 4 is 19.8 Å². The van der Waals surface area contributed by atoms with Crippen molar-refractivity contribution in [2.75, 3.05) is 47.5 Å². The highest BCUT2D eigenvalue weighted by Crippen LogP contribution is 2.43. The second kappa shape index (κ2) is 79.5. The maximum atomic E-state index is 12.9. The molecule has 0 saturated carbocycles. The SMILES string of the molecule is CC/C=C\C/C=C\C/C=C\C/C=C\C/C=C\C/C=C\CCCCCCCCCCCCCCCCCCC(=O)OC(COC(=O)CCCCCCCCCCCCCCCCCCCCCCCCCCCCCC/C=C\C/C=C\C/C=C\C/C=C\CC)COP(=O)(O)OCC[N+](C)(C)C. The molecule has 0 bridgehead atoms. The first-order chi connectivity index (χ1) is 49.0. The zero-order valence-electron chi connectivity index (χ0n) is 66.2. The second-order valence-electron chi connectivity index (χ2n) is 29.5. The van der Waals surface area contributed by atoms with Crippen LogP contribution in [0.5, 0.6) is 0 Å². The van der Waals surface area contributed by atoms with Gasteiger partial charge in [-0.3, -0.25) is 18.6 Å². The topological polar surface area (TPSA) is 108 Å². The Kier molecular flexibility index (Phi) is 76.7. The van der Waals surface area contributed by atoms with E-state index >= 15 is 0 Å². The predicted molar refractivity (Wildman–Crippen MR) is 436 cm³/mol. The summed E-state index contributed by atoms with van der Waals surface area (Å²) in [7, 11) is 1.49. The van der Waals surface area contributed by atoms with Crippen molar-refractivity contribution in [3.05, 3.63) is 122 Å². The van der Waals surface area contributed by atoms with Crippen molar-refractivity contribution in [2.24, 2.45) is 0 Å². The van der Waals surface area contributed by atoms with Crippen molar-refractivity contribution in [1.82, 2.24) is 0 Å². The molecule has 2 atom stereocenters. The van der Waals surface area contributed by atoms with Gasteiger partial charge in [0.15, 0.2) is 6.10 Å². The average molecular weight is 1420 g/mol. The van der Waals surface area contributed by atoms with Crippen molar-refractivity contribution in [1.29, 1.82) is 0 Å². The summed E-state index contributed by atoms with van der Waals surface area (Å²) in [5.41, 5.74) is 0. The molecular weight excluding hydrogens is 1250 g/mol. The number of unbranched alkanes of at least 4 members (excludes halogenated alkanes) is 44. The van der Waals surface area contributed by atoms with E-state index in [1.54, 1.807) is 0 Å². The molecule has 578 valence electrons. The Hall–Kier alpha value is -3.59. The first kappa shape index (κ1) is 96.4. The number of ether oxygens (including phenoxy) is 2. The number of carbonyl (C=O) groups excluding carboxylic acids is 2. The Bertz CT molecular complexity index is 2110. The highest BCUT2D eigenvalue weighted by molar-refractivity contribution is 7.47. The van der Waals surface area contributed by atoms with E-state index in [1.165, 1.54) is 257 Å². The van der Waals surface area contributed by atoms with Gasteiger partial charge < -0.3 is 18.9 Å². The van der Waals surface area contributed by atoms with Gasteiger partial charge in [0.2, 0.25) is 0 Å². The van der Waals surface area contributed by atoms with E-state index in [4.69, 9.17) is 18.5 Å². The lowest BCUT2D eigenvalue weighted by atomic mass is 10.0. The number of phosphoric acid groups is 1. The third-order valence-corrected chi connectivity index (χ3v) is 19.5. The number of quaternary nitrogens is 1. The lowest BCUT2D eigenvalue weighted by Crippen LogP contribution is -2.37. The number of carbonyl (C=O) groups is 2. The summed E-state index contributed by atoms with van der Waals surface area (Å²) in [6, 6.07) is 0. The molecule has 0 amide bonds. The number of nitrogens with zero attached hydrogens (tertiary/aromatic N) is 1. The molecule has 0 aliphatic heterocycles. The fourth-order valence-corrected chi connectivity index (χ4v) is 12.9. The van der Waals surface area contributed by atoms with Gasteiger partial charge in [0, 0.05) is 12.8 Å². The van der Waals surface area contributed by atoms with Gasteiger partial charge in [-0.1, -0.05) is 392 Å². The monoisotopic (exact) mass is 1420 g/mol. The van der Waals surface area contributed by atoms with Crippen molar-refractivity contribution in [2.45, 2.75) is 392 Å². The van der Waals surface area contributed by atoms with Crippen molar-refractivity contribution in [3.8, 4) is 0 Å². The summed E-state index contributed by atoms with van der Waals surface area (Å²) in [5, 5.41) is 0. The zero-order valence-corrected chi connectivity index (χ0v) is 67.1. The van der Waals surface area contributed by atoms with Crippen LogP contribution < -0.4 is 0 Å². The van der Waals surface area contributed by atoms with E-state index in [0.717, 1.165) is 96.3 Å². The molecule has 0 rings (SSSR count). The molecule has 0 spiro atoms. The summed E-state index contributed by atoms with van der Waals surface area (Å²) >= 11 is 0. The molecule has 0 aliphatic carbocycles. The molecule has 0 fully saturated rings. The van der Waals surface area contributed by atoms with Crippen LogP contribution in [0.1, 0.15) is 386 Å². The highest BCUT2D eigenvalue weighted by atomic mass is 31.2. The van der Waals surface area contributed by atoms with Gasteiger partial charge in [-0.2, -0.15) is 0 Å². The molecule has 0 radical (unpaired) electrons. The molecular formula is C90H161NO8P+. The van der Waals surface area contributed by atoms with Crippen LogP contribution in [0.3, 0.4) is 0 Å². The molecule has 0 aromatic heterocycles. The Morgan fingerprint density at radius 1 is 0.310 bits per heavy atom. The summed E-state index contributed by atoms with van der Waals surface area (Å²) in [5.74, 6) is -0.781. The van der Waals surface area contributed by atoms with E-state index in [0.29, 0.717) is 23.9 Å². The first-order valence-corrected chi connectivity index (χ1v) is 43.8. The number of esters is 2. The van der Waals surface area contributed by atoms with Gasteiger partial charge in [-0.15, -0.1) is 0 Å². The van der Waals surface area contributed by atoms with Crippen LogP contribution in [0, 0.1) is 0 Å². The van der Waals surface area contributed by atoms with E-state index in [1.807, 2.05) is 21.1 Å². The van der Waals surface area contributed by atoms with Crippen molar-refractivity contribution in [3.63, 3.8) is 0 Å². The fraction of sp³-hybridized carbons (Fsp3) is 0.756. The minimum atomic E-state index is -4.40. The zero-order chi connectivity index (χ0) is 72.5. The summed E-state index contributed by atoms with van der Waals surface area (Å²) in [6.45, 7) is 4.26. The molecule has 0 saturated heterocycles. The minimum absolute atomic E-state index is 0.0307. The number of allylic oxidation sites excluding steroid dienone is 20. The highest BCUT2D eigenvalue weighted by Gasteiger charge is 2.27. The Balaban J connectivity index is 3.90. The maximum absolute atomic E-state index is 12.9. The summed E-state index contributed by atoms with van der Waals surface area (Å²) in [6.07, 6.45) is 115. The number of phosphoric ester groups is 1. The fourth-order valence-electron chi connectivity index (χ4n) is 12.1. The third-order valence-electron chi connectivity index (χ3n) is 18.5. The third kappa shape index (κ3) is 83.4. The molecule has 10 heteroatoms.